The molecule has 1 fully saturated rings. The molecular weight excluding hydrogens is 192 g/mol. The Labute approximate surface area is 78.9 Å². The van der Waals surface area contributed by atoms with Crippen molar-refractivity contribution in [1.82, 2.24) is 9.03 Å². The molecule has 0 saturated carbocycles. The van der Waals surface area contributed by atoms with Crippen LogP contribution in [0.15, 0.2) is 0 Å². The number of hydrogen-bond acceptors (Lipinski definition) is 3. The van der Waals surface area contributed by atoms with Gasteiger partial charge in [-0.05, 0) is 19.8 Å². The van der Waals surface area contributed by atoms with Crippen molar-refractivity contribution in [3.8, 4) is 0 Å². The van der Waals surface area contributed by atoms with Gasteiger partial charge in [-0.1, -0.05) is 0 Å². The first-order valence-corrected chi connectivity index (χ1v) is 5.81. The maximum atomic E-state index is 11.4. The zero-order valence-corrected chi connectivity index (χ0v) is 8.71. The highest BCUT2D eigenvalue weighted by atomic mass is 32.2. The fourth-order valence-corrected chi connectivity index (χ4v) is 2.73. The van der Waals surface area contributed by atoms with Crippen LogP contribution in [-0.2, 0) is 10.2 Å². The van der Waals surface area contributed by atoms with Crippen molar-refractivity contribution in [3.63, 3.8) is 0 Å². The molecule has 0 aromatic rings. The summed E-state index contributed by atoms with van der Waals surface area (Å²) in [6.07, 6.45) is 0.848. The molecule has 5 nitrogen and oxygen atoms in total. The van der Waals surface area contributed by atoms with Crippen LogP contribution in [0.25, 0.3) is 0 Å². The van der Waals surface area contributed by atoms with Crippen LogP contribution in [0.4, 0.5) is 0 Å². The van der Waals surface area contributed by atoms with E-state index in [-0.39, 0.29) is 6.04 Å². The Morgan fingerprint density at radius 1 is 1.54 bits per heavy atom. The fourth-order valence-electron chi connectivity index (χ4n) is 1.55. The van der Waals surface area contributed by atoms with Crippen LogP contribution in [0.3, 0.4) is 0 Å². The van der Waals surface area contributed by atoms with Crippen LogP contribution in [-0.4, -0.2) is 43.6 Å². The lowest BCUT2D eigenvalue weighted by atomic mass is 10.0. The molecule has 0 radical (unpaired) electrons. The monoisotopic (exact) mass is 208 g/mol. The largest absolute Gasteiger partial charge is 0.391 e. The van der Waals surface area contributed by atoms with E-state index in [1.807, 2.05) is 0 Å². The minimum Gasteiger partial charge on any atom is -0.391 e. The molecule has 2 N–H and O–H groups in total. The Balaban J connectivity index is 2.80. The highest BCUT2D eigenvalue weighted by molar-refractivity contribution is 7.87. The molecule has 2 unspecified atom stereocenters. The van der Waals surface area contributed by atoms with E-state index in [2.05, 4.69) is 4.72 Å². The lowest BCUT2D eigenvalue weighted by Gasteiger charge is -2.35. The second-order valence-electron chi connectivity index (χ2n) is 3.27. The van der Waals surface area contributed by atoms with Gasteiger partial charge in [0.2, 0.25) is 0 Å². The molecule has 0 amide bonds. The summed E-state index contributed by atoms with van der Waals surface area (Å²) in [6.45, 7) is 2.21. The molecule has 2 atom stereocenters. The third-order valence-corrected chi connectivity index (χ3v) is 4.10. The Kier molecular flexibility index (Phi) is 3.28. The zero-order chi connectivity index (χ0) is 10.1. The summed E-state index contributed by atoms with van der Waals surface area (Å²) in [5.41, 5.74) is 0. The van der Waals surface area contributed by atoms with Crippen LogP contribution < -0.4 is 4.72 Å². The molecule has 0 aromatic heterocycles. The smallest absolute Gasteiger partial charge is 0.279 e. The first-order chi connectivity index (χ1) is 5.99. The summed E-state index contributed by atoms with van der Waals surface area (Å²) in [5.74, 6) is 0. The fraction of sp³-hybridized carbons (Fsp3) is 1.00. The minimum atomic E-state index is -3.38. The van der Waals surface area contributed by atoms with Gasteiger partial charge in [0.25, 0.3) is 10.2 Å². The molecule has 0 aliphatic carbocycles. The molecule has 0 spiro atoms. The number of rotatable bonds is 2. The van der Waals surface area contributed by atoms with Crippen LogP contribution >= 0.6 is 0 Å². The van der Waals surface area contributed by atoms with Gasteiger partial charge in [-0.2, -0.15) is 12.7 Å². The van der Waals surface area contributed by atoms with Crippen LogP contribution in [0.1, 0.15) is 19.8 Å². The Bertz CT molecular complexity index is 265. The number of nitrogens with one attached hydrogen (secondary N) is 1. The van der Waals surface area contributed by atoms with Crippen molar-refractivity contribution in [3.05, 3.63) is 0 Å². The topological polar surface area (TPSA) is 69.6 Å². The van der Waals surface area contributed by atoms with Crippen LogP contribution in [0.5, 0.6) is 0 Å². The molecule has 1 saturated heterocycles. The van der Waals surface area contributed by atoms with Gasteiger partial charge in [0.15, 0.2) is 0 Å². The van der Waals surface area contributed by atoms with E-state index in [0.29, 0.717) is 19.4 Å². The number of nitrogens with zero attached hydrogens (tertiary/aromatic N) is 1. The molecule has 1 heterocycles. The molecule has 1 aliphatic rings. The van der Waals surface area contributed by atoms with Gasteiger partial charge in [0.1, 0.15) is 0 Å². The van der Waals surface area contributed by atoms with Gasteiger partial charge in [-0.25, -0.2) is 4.72 Å². The minimum absolute atomic E-state index is 0.328. The van der Waals surface area contributed by atoms with Gasteiger partial charge < -0.3 is 5.11 Å². The molecule has 1 aliphatic heterocycles. The zero-order valence-electron chi connectivity index (χ0n) is 7.90. The maximum Gasteiger partial charge on any atom is 0.279 e. The normalized spacial score (nSPS) is 31.9. The van der Waals surface area contributed by atoms with E-state index in [1.165, 1.54) is 11.4 Å². The van der Waals surface area contributed by atoms with E-state index >= 15 is 0 Å². The first kappa shape index (κ1) is 10.9. The summed E-state index contributed by atoms with van der Waals surface area (Å²) < 4.78 is 26.4. The first-order valence-electron chi connectivity index (χ1n) is 4.37. The molecule has 78 valence electrons. The van der Waals surface area contributed by atoms with Crippen molar-refractivity contribution >= 4 is 10.2 Å². The quantitative estimate of drug-likeness (QED) is 0.630. The van der Waals surface area contributed by atoms with Gasteiger partial charge in [-0.3, -0.25) is 0 Å². The molecule has 6 heteroatoms. The second kappa shape index (κ2) is 3.91. The van der Waals surface area contributed by atoms with Gasteiger partial charge >= 0.3 is 0 Å². The van der Waals surface area contributed by atoms with Crippen LogP contribution in [0, 0.1) is 0 Å². The number of aliphatic hydroxyl groups is 1. The summed E-state index contributed by atoms with van der Waals surface area (Å²) in [5, 5.41) is 9.47. The van der Waals surface area contributed by atoms with Gasteiger partial charge in [-0.15, -0.1) is 0 Å². The number of hydrogen-bond donors (Lipinski definition) is 2. The Morgan fingerprint density at radius 2 is 2.15 bits per heavy atom. The molecule has 13 heavy (non-hydrogen) atoms. The van der Waals surface area contributed by atoms with Crippen molar-refractivity contribution < 1.29 is 13.5 Å². The molecule has 1 rings (SSSR count). The summed E-state index contributed by atoms with van der Waals surface area (Å²) >= 11 is 0. The SMILES string of the molecule is CNS(=O)(=O)N1CCCC(O)C1C. The Morgan fingerprint density at radius 3 is 2.69 bits per heavy atom. The van der Waals surface area contributed by atoms with Crippen molar-refractivity contribution in [2.24, 2.45) is 0 Å². The highest BCUT2D eigenvalue weighted by Gasteiger charge is 2.33. The van der Waals surface area contributed by atoms with E-state index in [1.54, 1.807) is 6.92 Å². The predicted molar refractivity (Wildman–Crippen MR) is 49.4 cm³/mol. The molecule has 0 aromatic carbocycles. The van der Waals surface area contributed by atoms with E-state index in [9.17, 15) is 13.5 Å². The molecule has 0 bridgehead atoms. The average Bonchev–Trinajstić information content (AvgIpc) is 2.09. The van der Waals surface area contributed by atoms with Crippen LogP contribution in [0.2, 0.25) is 0 Å². The summed E-state index contributed by atoms with van der Waals surface area (Å²) in [7, 11) is -2.00. The second-order valence-corrected chi connectivity index (χ2v) is 5.10. The predicted octanol–water partition coefficient (Wildman–Crippen LogP) is -0.704. The van der Waals surface area contributed by atoms with E-state index in [4.69, 9.17) is 0 Å². The standard InChI is InChI=1S/C7H16N2O3S/c1-6-7(10)4-3-5-9(6)13(11,12)8-2/h6-8,10H,3-5H2,1-2H3. The molecular formula is C7H16N2O3S. The summed E-state index contributed by atoms with van der Waals surface area (Å²) in [6, 6.07) is -0.328. The van der Waals surface area contributed by atoms with E-state index in [0.717, 1.165) is 0 Å². The average molecular weight is 208 g/mol. The van der Waals surface area contributed by atoms with Gasteiger partial charge in [0.05, 0.1) is 6.10 Å². The lowest BCUT2D eigenvalue weighted by Crippen LogP contribution is -2.52. The van der Waals surface area contributed by atoms with Crippen molar-refractivity contribution in [1.29, 1.82) is 0 Å². The highest BCUT2D eigenvalue weighted by Crippen LogP contribution is 2.19. The van der Waals surface area contributed by atoms with Gasteiger partial charge in [0, 0.05) is 19.6 Å². The summed E-state index contributed by atoms with van der Waals surface area (Å²) in [4.78, 5) is 0. The lowest BCUT2D eigenvalue weighted by molar-refractivity contribution is 0.0609. The third kappa shape index (κ3) is 2.19. The number of aliphatic hydroxyl groups excluding tert-OH is 1. The van der Waals surface area contributed by atoms with Crippen molar-refractivity contribution in [2.45, 2.75) is 31.9 Å². The number of piperidine rings is 1. The third-order valence-electron chi connectivity index (χ3n) is 2.46. The van der Waals surface area contributed by atoms with Crippen molar-refractivity contribution in [2.75, 3.05) is 13.6 Å². The van der Waals surface area contributed by atoms with E-state index < -0.39 is 16.3 Å². The Hall–Kier alpha value is -0.170. The maximum absolute atomic E-state index is 11.4.